The molecule has 0 rings (SSSR count). The SMILES string of the molecule is COCC(CO)CCCCN. The van der Waals surface area contributed by atoms with Crippen molar-refractivity contribution in [1.82, 2.24) is 0 Å². The first-order chi connectivity index (χ1) is 5.35. The Kier molecular flexibility index (Phi) is 7.89. The van der Waals surface area contributed by atoms with Gasteiger partial charge in [-0.25, -0.2) is 0 Å². The number of methoxy groups -OCH3 is 1. The molecular weight excluding hydrogens is 142 g/mol. The quantitative estimate of drug-likeness (QED) is 0.530. The minimum atomic E-state index is 0.221. The van der Waals surface area contributed by atoms with Crippen LogP contribution in [0.1, 0.15) is 19.3 Å². The van der Waals surface area contributed by atoms with Crippen molar-refractivity contribution in [3.05, 3.63) is 0 Å². The van der Waals surface area contributed by atoms with Gasteiger partial charge in [-0.05, 0) is 19.4 Å². The van der Waals surface area contributed by atoms with Gasteiger partial charge in [0.1, 0.15) is 0 Å². The molecule has 0 aromatic rings. The van der Waals surface area contributed by atoms with Crippen molar-refractivity contribution < 1.29 is 9.84 Å². The molecule has 0 fully saturated rings. The Labute approximate surface area is 68.5 Å². The van der Waals surface area contributed by atoms with E-state index in [0.29, 0.717) is 12.5 Å². The topological polar surface area (TPSA) is 55.5 Å². The molecule has 0 amide bonds. The summed E-state index contributed by atoms with van der Waals surface area (Å²) >= 11 is 0. The smallest absolute Gasteiger partial charge is 0.0512 e. The summed E-state index contributed by atoms with van der Waals surface area (Å²) in [4.78, 5) is 0. The summed E-state index contributed by atoms with van der Waals surface area (Å²) in [5.41, 5.74) is 5.34. The second-order valence-corrected chi connectivity index (χ2v) is 2.79. The van der Waals surface area contributed by atoms with Crippen LogP contribution in [0.5, 0.6) is 0 Å². The standard InChI is InChI=1S/C8H19NO2/c1-11-7-8(6-10)4-2-3-5-9/h8,10H,2-7,9H2,1H3. The number of hydrogen-bond donors (Lipinski definition) is 2. The first-order valence-corrected chi connectivity index (χ1v) is 4.15. The molecule has 0 bridgehead atoms. The first-order valence-electron chi connectivity index (χ1n) is 4.15. The lowest BCUT2D eigenvalue weighted by molar-refractivity contribution is 0.104. The lowest BCUT2D eigenvalue weighted by Crippen LogP contribution is -2.13. The van der Waals surface area contributed by atoms with Gasteiger partial charge in [-0.15, -0.1) is 0 Å². The van der Waals surface area contributed by atoms with Crippen LogP contribution in [0.25, 0.3) is 0 Å². The minimum absolute atomic E-state index is 0.221. The highest BCUT2D eigenvalue weighted by Gasteiger charge is 2.05. The Morgan fingerprint density at radius 3 is 2.64 bits per heavy atom. The van der Waals surface area contributed by atoms with E-state index in [4.69, 9.17) is 15.6 Å². The highest BCUT2D eigenvalue weighted by molar-refractivity contribution is 4.56. The molecule has 11 heavy (non-hydrogen) atoms. The Bertz CT molecular complexity index is 78.5. The monoisotopic (exact) mass is 161 g/mol. The van der Waals surface area contributed by atoms with Crippen molar-refractivity contribution in [2.45, 2.75) is 19.3 Å². The molecule has 3 nitrogen and oxygen atoms in total. The van der Waals surface area contributed by atoms with Gasteiger partial charge in [0.05, 0.1) is 6.61 Å². The number of aliphatic hydroxyl groups is 1. The van der Waals surface area contributed by atoms with Crippen LogP contribution in [-0.4, -0.2) is 32.0 Å². The average Bonchev–Trinajstić information content (AvgIpc) is 2.03. The van der Waals surface area contributed by atoms with Gasteiger partial charge in [0.2, 0.25) is 0 Å². The molecule has 0 aromatic carbocycles. The van der Waals surface area contributed by atoms with Crippen molar-refractivity contribution in [3.63, 3.8) is 0 Å². The Balaban J connectivity index is 3.20. The van der Waals surface area contributed by atoms with E-state index >= 15 is 0 Å². The molecule has 0 aromatic heterocycles. The number of ether oxygens (including phenoxy) is 1. The zero-order valence-corrected chi connectivity index (χ0v) is 7.25. The van der Waals surface area contributed by atoms with E-state index in [1.165, 1.54) is 0 Å². The van der Waals surface area contributed by atoms with Crippen LogP contribution < -0.4 is 5.73 Å². The van der Waals surface area contributed by atoms with Gasteiger partial charge >= 0.3 is 0 Å². The summed E-state index contributed by atoms with van der Waals surface area (Å²) in [7, 11) is 1.66. The van der Waals surface area contributed by atoms with E-state index in [1.807, 2.05) is 0 Å². The highest BCUT2D eigenvalue weighted by atomic mass is 16.5. The Morgan fingerprint density at radius 2 is 2.18 bits per heavy atom. The first kappa shape index (κ1) is 10.9. The third-order valence-electron chi connectivity index (χ3n) is 1.73. The predicted octanol–water partition coefficient (Wildman–Crippen LogP) is 0.370. The number of aliphatic hydroxyl groups excluding tert-OH is 1. The van der Waals surface area contributed by atoms with Crippen LogP contribution in [0, 0.1) is 5.92 Å². The van der Waals surface area contributed by atoms with Crippen molar-refractivity contribution in [2.75, 3.05) is 26.9 Å². The van der Waals surface area contributed by atoms with Gasteiger partial charge in [-0.2, -0.15) is 0 Å². The molecule has 68 valence electrons. The molecule has 0 aliphatic rings. The number of rotatable bonds is 7. The summed E-state index contributed by atoms with van der Waals surface area (Å²) in [6.07, 6.45) is 3.15. The van der Waals surface area contributed by atoms with Crippen molar-refractivity contribution in [2.24, 2.45) is 11.7 Å². The van der Waals surface area contributed by atoms with Crippen molar-refractivity contribution >= 4 is 0 Å². The fraction of sp³-hybridized carbons (Fsp3) is 1.00. The molecule has 3 N–H and O–H groups in total. The average molecular weight is 161 g/mol. The molecule has 0 aliphatic heterocycles. The summed E-state index contributed by atoms with van der Waals surface area (Å²) in [6, 6.07) is 0. The second-order valence-electron chi connectivity index (χ2n) is 2.79. The highest BCUT2D eigenvalue weighted by Crippen LogP contribution is 2.07. The zero-order valence-electron chi connectivity index (χ0n) is 7.25. The molecule has 0 heterocycles. The van der Waals surface area contributed by atoms with Gasteiger partial charge in [0, 0.05) is 19.6 Å². The Hall–Kier alpha value is -0.120. The van der Waals surface area contributed by atoms with Crippen LogP contribution in [0.3, 0.4) is 0 Å². The molecule has 0 radical (unpaired) electrons. The molecule has 3 heteroatoms. The van der Waals surface area contributed by atoms with Crippen LogP contribution >= 0.6 is 0 Å². The molecular formula is C8H19NO2. The van der Waals surface area contributed by atoms with Gasteiger partial charge in [-0.1, -0.05) is 6.42 Å². The molecule has 1 atom stereocenters. The van der Waals surface area contributed by atoms with E-state index in [-0.39, 0.29) is 6.61 Å². The van der Waals surface area contributed by atoms with Crippen LogP contribution in [0.15, 0.2) is 0 Å². The number of nitrogens with two attached hydrogens (primary N) is 1. The van der Waals surface area contributed by atoms with E-state index in [0.717, 1.165) is 25.8 Å². The van der Waals surface area contributed by atoms with Gasteiger partial charge in [0.15, 0.2) is 0 Å². The molecule has 1 unspecified atom stereocenters. The molecule has 0 saturated heterocycles. The van der Waals surface area contributed by atoms with E-state index < -0.39 is 0 Å². The van der Waals surface area contributed by atoms with Gasteiger partial charge < -0.3 is 15.6 Å². The largest absolute Gasteiger partial charge is 0.396 e. The maximum absolute atomic E-state index is 8.85. The summed E-state index contributed by atoms with van der Waals surface area (Å²) < 4.78 is 4.93. The summed E-state index contributed by atoms with van der Waals surface area (Å²) in [5.74, 6) is 0.298. The van der Waals surface area contributed by atoms with Crippen LogP contribution in [-0.2, 0) is 4.74 Å². The van der Waals surface area contributed by atoms with E-state index in [1.54, 1.807) is 7.11 Å². The maximum Gasteiger partial charge on any atom is 0.0512 e. The summed E-state index contributed by atoms with van der Waals surface area (Å²) in [6.45, 7) is 1.62. The fourth-order valence-electron chi connectivity index (χ4n) is 1.04. The fourth-order valence-corrected chi connectivity index (χ4v) is 1.04. The van der Waals surface area contributed by atoms with Crippen molar-refractivity contribution in [3.8, 4) is 0 Å². The lowest BCUT2D eigenvalue weighted by atomic mass is 10.0. The third kappa shape index (κ3) is 6.28. The molecule has 0 spiro atoms. The van der Waals surface area contributed by atoms with E-state index in [9.17, 15) is 0 Å². The minimum Gasteiger partial charge on any atom is -0.396 e. The molecule has 0 saturated carbocycles. The maximum atomic E-state index is 8.85. The zero-order chi connectivity index (χ0) is 8.53. The lowest BCUT2D eigenvalue weighted by Gasteiger charge is -2.11. The van der Waals surface area contributed by atoms with Crippen molar-refractivity contribution in [1.29, 1.82) is 0 Å². The normalized spacial score (nSPS) is 13.4. The predicted molar refractivity (Wildman–Crippen MR) is 45.4 cm³/mol. The van der Waals surface area contributed by atoms with Gasteiger partial charge in [-0.3, -0.25) is 0 Å². The van der Waals surface area contributed by atoms with Gasteiger partial charge in [0.25, 0.3) is 0 Å². The number of hydrogen-bond acceptors (Lipinski definition) is 3. The number of unbranched alkanes of at least 4 members (excludes halogenated alkanes) is 1. The van der Waals surface area contributed by atoms with Crippen LogP contribution in [0.2, 0.25) is 0 Å². The molecule has 0 aliphatic carbocycles. The third-order valence-corrected chi connectivity index (χ3v) is 1.73. The second kappa shape index (κ2) is 7.98. The van der Waals surface area contributed by atoms with Crippen LogP contribution in [0.4, 0.5) is 0 Å². The van der Waals surface area contributed by atoms with E-state index in [2.05, 4.69) is 0 Å². The summed E-state index contributed by atoms with van der Waals surface area (Å²) in [5, 5.41) is 8.85. The Morgan fingerprint density at radius 1 is 1.45 bits per heavy atom.